The highest BCUT2D eigenvalue weighted by atomic mass is 15.2. The largest absolute Gasteiger partial charge is 0.346 e. The van der Waals surface area contributed by atoms with Crippen LogP contribution in [-0.2, 0) is 13.5 Å². The van der Waals surface area contributed by atoms with Crippen LogP contribution in [-0.4, -0.2) is 19.7 Å². The fraction of sp³-hybridized carbons (Fsp3) is 0.474. The van der Waals surface area contributed by atoms with Crippen molar-refractivity contribution < 1.29 is 0 Å². The number of hydrogen-bond donors (Lipinski definition) is 1. The van der Waals surface area contributed by atoms with Crippen molar-refractivity contribution in [2.45, 2.75) is 51.9 Å². The van der Waals surface area contributed by atoms with Gasteiger partial charge in [0.1, 0.15) is 5.65 Å². The first-order valence-corrected chi connectivity index (χ1v) is 8.73. The van der Waals surface area contributed by atoms with Crippen LogP contribution in [0.3, 0.4) is 0 Å². The second kappa shape index (κ2) is 7.44. The van der Waals surface area contributed by atoms with Gasteiger partial charge in [-0.15, -0.1) is 0 Å². The lowest BCUT2D eigenvalue weighted by molar-refractivity contribution is 0.607. The van der Waals surface area contributed by atoms with Gasteiger partial charge in [-0.05, 0) is 24.5 Å². The van der Waals surface area contributed by atoms with Crippen molar-refractivity contribution in [1.29, 1.82) is 0 Å². The third kappa shape index (κ3) is 3.81. The van der Waals surface area contributed by atoms with Gasteiger partial charge in [0.15, 0.2) is 0 Å². The Labute approximate surface area is 137 Å². The number of nitrogens with zero attached hydrogens (tertiary/aromatic N) is 3. The molecule has 0 saturated carbocycles. The Balaban J connectivity index is 1.68. The molecule has 0 saturated heterocycles. The molecule has 0 aliphatic heterocycles. The molecule has 0 radical (unpaired) electrons. The van der Waals surface area contributed by atoms with Crippen molar-refractivity contribution in [2.24, 2.45) is 7.05 Å². The van der Waals surface area contributed by atoms with Crippen molar-refractivity contribution in [1.82, 2.24) is 19.7 Å². The molecule has 3 rings (SSSR count). The van der Waals surface area contributed by atoms with E-state index in [0.29, 0.717) is 0 Å². The molecule has 0 aromatic carbocycles. The fourth-order valence-electron chi connectivity index (χ4n) is 3.09. The molecule has 122 valence electrons. The van der Waals surface area contributed by atoms with E-state index in [2.05, 4.69) is 28.1 Å². The predicted molar refractivity (Wildman–Crippen MR) is 95.4 cm³/mol. The molecule has 0 amide bonds. The van der Waals surface area contributed by atoms with Crippen LogP contribution in [0.1, 0.15) is 51.0 Å². The number of aromatic amines is 1. The van der Waals surface area contributed by atoms with E-state index >= 15 is 0 Å². The molecule has 3 heterocycles. The van der Waals surface area contributed by atoms with Crippen LogP contribution >= 0.6 is 0 Å². The maximum Gasteiger partial charge on any atom is 0.137 e. The normalized spacial score (nSPS) is 11.4. The van der Waals surface area contributed by atoms with E-state index in [-0.39, 0.29) is 0 Å². The van der Waals surface area contributed by atoms with Crippen LogP contribution in [0.15, 0.2) is 30.9 Å². The Bertz CT molecular complexity index is 754. The first-order chi connectivity index (χ1) is 11.3. The van der Waals surface area contributed by atoms with Gasteiger partial charge in [0, 0.05) is 42.2 Å². The van der Waals surface area contributed by atoms with E-state index < -0.39 is 0 Å². The number of pyridine rings is 1. The number of aryl methyl sites for hydroxylation is 2. The zero-order valence-corrected chi connectivity index (χ0v) is 14.2. The Morgan fingerprint density at radius 3 is 2.70 bits per heavy atom. The van der Waals surface area contributed by atoms with Crippen molar-refractivity contribution in [3.05, 3.63) is 36.4 Å². The highest BCUT2D eigenvalue weighted by Gasteiger charge is 2.09. The lowest BCUT2D eigenvalue weighted by atomic mass is 10.0. The molecule has 23 heavy (non-hydrogen) atoms. The molecule has 4 nitrogen and oxygen atoms in total. The summed E-state index contributed by atoms with van der Waals surface area (Å²) in [6.07, 6.45) is 17.1. The molecule has 0 spiro atoms. The number of unbranched alkanes of at least 4 members (excludes halogenated alkanes) is 5. The minimum Gasteiger partial charge on any atom is -0.346 e. The standard InChI is InChI=1S/C19H26N4/c1-3-4-5-6-7-8-9-15-10-17-18(13-21-19(17)20-11-15)16-12-22-23(2)14-16/h10-14H,3-9H2,1-2H3,(H,20,21). The molecule has 0 unspecified atom stereocenters. The molecule has 0 atom stereocenters. The first kappa shape index (κ1) is 15.8. The number of fused-ring (bicyclic) bond motifs is 1. The predicted octanol–water partition coefficient (Wildman–Crippen LogP) is 4.87. The molecular weight excluding hydrogens is 284 g/mol. The van der Waals surface area contributed by atoms with Crippen LogP contribution in [0.2, 0.25) is 0 Å². The second-order valence-electron chi connectivity index (χ2n) is 6.36. The zero-order chi connectivity index (χ0) is 16.1. The van der Waals surface area contributed by atoms with Crippen molar-refractivity contribution >= 4 is 11.0 Å². The van der Waals surface area contributed by atoms with Gasteiger partial charge in [0.05, 0.1) is 6.20 Å². The summed E-state index contributed by atoms with van der Waals surface area (Å²) in [5.74, 6) is 0. The number of rotatable bonds is 8. The Hall–Kier alpha value is -2.10. The summed E-state index contributed by atoms with van der Waals surface area (Å²) in [5, 5.41) is 5.47. The monoisotopic (exact) mass is 310 g/mol. The summed E-state index contributed by atoms with van der Waals surface area (Å²) >= 11 is 0. The minimum atomic E-state index is 0.954. The summed E-state index contributed by atoms with van der Waals surface area (Å²) in [7, 11) is 1.95. The molecular formula is C19H26N4. The average molecular weight is 310 g/mol. The number of nitrogens with one attached hydrogen (secondary N) is 1. The van der Waals surface area contributed by atoms with Gasteiger partial charge in [-0.2, -0.15) is 5.10 Å². The molecule has 4 heteroatoms. The van der Waals surface area contributed by atoms with Gasteiger partial charge in [-0.3, -0.25) is 4.68 Å². The van der Waals surface area contributed by atoms with Crippen molar-refractivity contribution in [2.75, 3.05) is 0 Å². The summed E-state index contributed by atoms with van der Waals surface area (Å²) in [6, 6.07) is 2.28. The molecule has 3 aromatic heterocycles. The Morgan fingerprint density at radius 2 is 1.91 bits per heavy atom. The Morgan fingerprint density at radius 1 is 1.09 bits per heavy atom. The molecule has 3 aromatic rings. The number of aromatic nitrogens is 4. The molecule has 0 aliphatic rings. The van der Waals surface area contributed by atoms with Gasteiger partial charge in [0.25, 0.3) is 0 Å². The van der Waals surface area contributed by atoms with Gasteiger partial charge in [-0.1, -0.05) is 39.0 Å². The molecule has 0 bridgehead atoms. The van der Waals surface area contributed by atoms with Crippen molar-refractivity contribution in [3.63, 3.8) is 0 Å². The van der Waals surface area contributed by atoms with Gasteiger partial charge < -0.3 is 4.98 Å². The van der Waals surface area contributed by atoms with Crippen LogP contribution in [0, 0.1) is 0 Å². The van der Waals surface area contributed by atoms with E-state index in [0.717, 1.165) is 17.6 Å². The topological polar surface area (TPSA) is 46.5 Å². The van der Waals surface area contributed by atoms with Crippen LogP contribution in [0.25, 0.3) is 22.2 Å². The van der Waals surface area contributed by atoms with E-state index in [1.165, 1.54) is 55.0 Å². The fourth-order valence-corrected chi connectivity index (χ4v) is 3.09. The van der Waals surface area contributed by atoms with Crippen LogP contribution in [0.5, 0.6) is 0 Å². The summed E-state index contributed by atoms with van der Waals surface area (Å²) in [6.45, 7) is 2.26. The molecule has 1 N–H and O–H groups in total. The van der Waals surface area contributed by atoms with E-state index in [9.17, 15) is 0 Å². The van der Waals surface area contributed by atoms with Gasteiger partial charge in [-0.25, -0.2) is 4.98 Å². The Kier molecular flexibility index (Phi) is 5.11. The first-order valence-electron chi connectivity index (χ1n) is 8.73. The minimum absolute atomic E-state index is 0.954. The third-order valence-electron chi connectivity index (χ3n) is 4.42. The van der Waals surface area contributed by atoms with Gasteiger partial charge in [0.2, 0.25) is 0 Å². The summed E-state index contributed by atoms with van der Waals surface area (Å²) in [4.78, 5) is 7.85. The van der Waals surface area contributed by atoms with E-state index in [1.54, 1.807) is 0 Å². The highest BCUT2D eigenvalue weighted by molar-refractivity contribution is 5.93. The van der Waals surface area contributed by atoms with Crippen LogP contribution < -0.4 is 0 Å². The number of hydrogen-bond acceptors (Lipinski definition) is 2. The quantitative estimate of drug-likeness (QED) is 0.604. The van der Waals surface area contributed by atoms with E-state index in [1.807, 2.05) is 36.5 Å². The lowest BCUT2D eigenvalue weighted by Gasteiger charge is -2.03. The van der Waals surface area contributed by atoms with Crippen LogP contribution in [0.4, 0.5) is 0 Å². The number of H-pyrrole nitrogens is 1. The molecule has 0 aliphatic carbocycles. The third-order valence-corrected chi connectivity index (χ3v) is 4.42. The average Bonchev–Trinajstić information content (AvgIpc) is 3.16. The second-order valence-corrected chi connectivity index (χ2v) is 6.36. The maximum absolute atomic E-state index is 4.58. The van der Waals surface area contributed by atoms with E-state index in [4.69, 9.17) is 0 Å². The highest BCUT2D eigenvalue weighted by Crippen LogP contribution is 2.28. The molecule has 0 fully saturated rings. The zero-order valence-electron chi connectivity index (χ0n) is 14.2. The SMILES string of the molecule is CCCCCCCCc1cnc2[nH]cc(-c3cnn(C)c3)c2c1. The maximum atomic E-state index is 4.58. The summed E-state index contributed by atoms with van der Waals surface area (Å²) < 4.78 is 1.84. The smallest absolute Gasteiger partial charge is 0.137 e. The lowest BCUT2D eigenvalue weighted by Crippen LogP contribution is -1.89. The summed E-state index contributed by atoms with van der Waals surface area (Å²) in [5.41, 5.74) is 4.61. The van der Waals surface area contributed by atoms with Crippen molar-refractivity contribution in [3.8, 4) is 11.1 Å². The van der Waals surface area contributed by atoms with Gasteiger partial charge >= 0.3 is 0 Å².